The Labute approximate surface area is 180 Å². The van der Waals surface area contributed by atoms with Gasteiger partial charge in [-0.3, -0.25) is 4.79 Å². The molecule has 0 spiro atoms. The molecule has 4 nitrogen and oxygen atoms in total. The molecular formula is C25H27N3OS. The molecule has 1 atom stereocenters. The van der Waals surface area contributed by atoms with Gasteiger partial charge in [-0.05, 0) is 75.6 Å². The fourth-order valence-corrected chi connectivity index (χ4v) is 6.36. The summed E-state index contributed by atoms with van der Waals surface area (Å²) in [5.74, 6) is 1.35. The predicted molar refractivity (Wildman–Crippen MR) is 125 cm³/mol. The molecule has 1 aliphatic rings. The average Bonchev–Trinajstić information content (AvgIpc) is 3.19. The van der Waals surface area contributed by atoms with Crippen LogP contribution in [0.1, 0.15) is 46.3 Å². The van der Waals surface area contributed by atoms with Crippen LogP contribution in [0.25, 0.3) is 27.3 Å². The summed E-state index contributed by atoms with van der Waals surface area (Å²) in [4.78, 5) is 23.3. The summed E-state index contributed by atoms with van der Waals surface area (Å²) in [6.07, 6.45) is 3.20. The number of aryl methyl sites for hydroxylation is 4. The van der Waals surface area contributed by atoms with E-state index in [9.17, 15) is 4.79 Å². The summed E-state index contributed by atoms with van der Waals surface area (Å²) in [6.45, 7) is 10.8. The molecule has 5 rings (SSSR count). The molecule has 0 bridgehead atoms. The number of nitrogens with zero attached hydrogens (tertiary/aromatic N) is 2. The summed E-state index contributed by atoms with van der Waals surface area (Å²) >= 11 is 1.71. The quantitative estimate of drug-likeness (QED) is 0.448. The van der Waals surface area contributed by atoms with E-state index in [0.717, 1.165) is 46.4 Å². The number of benzene rings is 1. The summed E-state index contributed by atoms with van der Waals surface area (Å²) in [7, 11) is 0. The molecule has 0 amide bonds. The van der Waals surface area contributed by atoms with Crippen molar-refractivity contribution >= 4 is 21.6 Å². The van der Waals surface area contributed by atoms with Crippen LogP contribution in [-0.4, -0.2) is 14.5 Å². The molecule has 4 aromatic rings. The van der Waals surface area contributed by atoms with E-state index in [0.29, 0.717) is 11.7 Å². The molecule has 3 heterocycles. The minimum atomic E-state index is -0.000992. The van der Waals surface area contributed by atoms with Gasteiger partial charge >= 0.3 is 0 Å². The monoisotopic (exact) mass is 417 g/mol. The Morgan fingerprint density at radius 2 is 1.90 bits per heavy atom. The Bertz CT molecular complexity index is 1330. The molecule has 1 N–H and O–H groups in total. The predicted octanol–water partition coefficient (Wildman–Crippen LogP) is 5.80. The van der Waals surface area contributed by atoms with Gasteiger partial charge in [0.1, 0.15) is 10.7 Å². The molecule has 0 saturated heterocycles. The Morgan fingerprint density at radius 1 is 1.17 bits per heavy atom. The number of aromatic nitrogens is 3. The zero-order valence-electron chi connectivity index (χ0n) is 18.2. The fraction of sp³-hybridized carbons (Fsp3) is 0.360. The highest BCUT2D eigenvalue weighted by atomic mass is 32.1. The molecule has 0 radical (unpaired) electrons. The molecule has 1 aromatic carbocycles. The van der Waals surface area contributed by atoms with Gasteiger partial charge in [-0.1, -0.05) is 25.1 Å². The van der Waals surface area contributed by atoms with E-state index < -0.39 is 0 Å². The molecule has 1 aliphatic carbocycles. The highest BCUT2D eigenvalue weighted by molar-refractivity contribution is 7.18. The van der Waals surface area contributed by atoms with E-state index in [1.807, 2.05) is 0 Å². The maximum atomic E-state index is 13.1. The third kappa shape index (κ3) is 2.87. The van der Waals surface area contributed by atoms with Gasteiger partial charge in [-0.25, -0.2) is 4.98 Å². The molecule has 5 heteroatoms. The van der Waals surface area contributed by atoms with Gasteiger partial charge in [0.2, 0.25) is 0 Å². The van der Waals surface area contributed by atoms with Crippen molar-refractivity contribution in [3.63, 3.8) is 0 Å². The number of nitrogens with one attached hydrogen (secondary N) is 1. The van der Waals surface area contributed by atoms with Gasteiger partial charge in [0.25, 0.3) is 5.56 Å². The van der Waals surface area contributed by atoms with E-state index in [4.69, 9.17) is 4.98 Å². The number of hydrogen-bond acceptors (Lipinski definition) is 3. The Hall–Kier alpha value is -2.66. The van der Waals surface area contributed by atoms with Crippen molar-refractivity contribution in [1.29, 1.82) is 0 Å². The molecular weight excluding hydrogens is 390 g/mol. The van der Waals surface area contributed by atoms with Crippen molar-refractivity contribution in [1.82, 2.24) is 14.5 Å². The molecule has 0 fully saturated rings. The van der Waals surface area contributed by atoms with Crippen molar-refractivity contribution in [2.45, 2.75) is 53.9 Å². The molecule has 0 aliphatic heterocycles. The van der Waals surface area contributed by atoms with Crippen LogP contribution in [0, 0.1) is 33.6 Å². The first kappa shape index (κ1) is 19.3. The Morgan fingerprint density at radius 3 is 2.63 bits per heavy atom. The van der Waals surface area contributed by atoms with Gasteiger partial charge in [0, 0.05) is 21.8 Å². The lowest BCUT2D eigenvalue weighted by Crippen LogP contribution is -2.13. The second kappa shape index (κ2) is 6.95. The van der Waals surface area contributed by atoms with Crippen LogP contribution >= 0.6 is 11.3 Å². The molecule has 154 valence electrons. The third-order valence-electron chi connectivity index (χ3n) is 6.51. The average molecular weight is 418 g/mol. The van der Waals surface area contributed by atoms with Crippen LogP contribution in [0.4, 0.5) is 0 Å². The van der Waals surface area contributed by atoms with Crippen molar-refractivity contribution in [2.24, 2.45) is 5.92 Å². The SMILES string of the molecule is Cc1cccc(C)c1-n1c(C)cc(-c2nc3sc4c(c3c(=O)[nH]2)CCC(C)C4)c1C. The number of thiophene rings is 1. The van der Waals surface area contributed by atoms with Gasteiger partial charge in [-0.2, -0.15) is 0 Å². The van der Waals surface area contributed by atoms with Crippen LogP contribution < -0.4 is 5.56 Å². The van der Waals surface area contributed by atoms with Gasteiger partial charge in [0.15, 0.2) is 0 Å². The maximum absolute atomic E-state index is 13.1. The molecule has 3 aromatic heterocycles. The lowest BCUT2D eigenvalue weighted by Gasteiger charge is -2.17. The summed E-state index contributed by atoms with van der Waals surface area (Å²) in [5.41, 5.74) is 8.15. The lowest BCUT2D eigenvalue weighted by atomic mass is 9.89. The van der Waals surface area contributed by atoms with Gasteiger partial charge in [-0.15, -0.1) is 11.3 Å². The van der Waals surface area contributed by atoms with Gasteiger partial charge in [0.05, 0.1) is 11.1 Å². The number of hydrogen-bond donors (Lipinski definition) is 1. The normalized spacial score (nSPS) is 16.2. The zero-order chi connectivity index (χ0) is 21.2. The summed E-state index contributed by atoms with van der Waals surface area (Å²) in [6, 6.07) is 8.52. The number of fused-ring (bicyclic) bond motifs is 3. The van der Waals surface area contributed by atoms with Crippen LogP contribution in [0.15, 0.2) is 29.1 Å². The number of para-hydroxylation sites is 1. The van der Waals surface area contributed by atoms with E-state index in [2.05, 4.69) is 68.4 Å². The van der Waals surface area contributed by atoms with Crippen molar-refractivity contribution in [2.75, 3.05) is 0 Å². The van der Waals surface area contributed by atoms with Crippen LogP contribution in [0.2, 0.25) is 0 Å². The fourth-order valence-electron chi connectivity index (χ4n) is 4.98. The van der Waals surface area contributed by atoms with Crippen molar-refractivity contribution in [3.8, 4) is 17.1 Å². The van der Waals surface area contributed by atoms with Crippen molar-refractivity contribution < 1.29 is 0 Å². The minimum Gasteiger partial charge on any atom is -0.317 e. The number of aromatic amines is 1. The molecule has 30 heavy (non-hydrogen) atoms. The van der Waals surface area contributed by atoms with Crippen LogP contribution in [-0.2, 0) is 12.8 Å². The van der Waals surface area contributed by atoms with E-state index in [-0.39, 0.29) is 5.56 Å². The number of rotatable bonds is 2. The maximum Gasteiger partial charge on any atom is 0.260 e. The third-order valence-corrected chi connectivity index (χ3v) is 7.66. The second-order valence-electron chi connectivity index (χ2n) is 8.81. The standard InChI is InChI=1S/C25H27N3OS/c1-13-9-10-18-20(11-13)30-25-21(18)24(29)26-23(27-25)19-12-16(4)28(17(19)5)22-14(2)7-6-8-15(22)3/h6-8,12-13H,9-11H2,1-5H3,(H,26,27,29). The first-order valence-corrected chi connectivity index (χ1v) is 11.5. The topological polar surface area (TPSA) is 50.7 Å². The Balaban J connectivity index is 1.70. The molecule has 1 unspecified atom stereocenters. The highest BCUT2D eigenvalue weighted by Gasteiger charge is 2.24. The molecule has 0 saturated carbocycles. The van der Waals surface area contributed by atoms with E-state index >= 15 is 0 Å². The van der Waals surface area contributed by atoms with E-state index in [1.165, 1.54) is 27.3 Å². The second-order valence-corrected chi connectivity index (χ2v) is 9.89. The van der Waals surface area contributed by atoms with Crippen molar-refractivity contribution in [3.05, 3.63) is 67.6 Å². The van der Waals surface area contributed by atoms with Gasteiger partial charge < -0.3 is 9.55 Å². The zero-order valence-corrected chi connectivity index (χ0v) is 19.0. The number of H-pyrrole nitrogens is 1. The first-order valence-electron chi connectivity index (χ1n) is 10.7. The summed E-state index contributed by atoms with van der Waals surface area (Å²) < 4.78 is 2.28. The lowest BCUT2D eigenvalue weighted by molar-refractivity contribution is 0.509. The largest absolute Gasteiger partial charge is 0.317 e. The Kier molecular flexibility index (Phi) is 4.47. The van der Waals surface area contributed by atoms with Crippen LogP contribution in [0.5, 0.6) is 0 Å². The first-order chi connectivity index (χ1) is 14.3. The summed E-state index contributed by atoms with van der Waals surface area (Å²) in [5, 5.41) is 0.814. The minimum absolute atomic E-state index is 0.000992. The smallest absolute Gasteiger partial charge is 0.260 e. The van der Waals surface area contributed by atoms with Crippen LogP contribution in [0.3, 0.4) is 0 Å². The van der Waals surface area contributed by atoms with E-state index in [1.54, 1.807) is 11.3 Å². The highest BCUT2D eigenvalue weighted by Crippen LogP contribution is 2.37.